The number of rotatable bonds is 5. The van der Waals surface area contributed by atoms with E-state index in [0.29, 0.717) is 35.4 Å². The van der Waals surface area contributed by atoms with E-state index < -0.39 is 11.9 Å². The number of nitrogens with zero attached hydrogens (tertiary/aromatic N) is 2. The van der Waals surface area contributed by atoms with E-state index in [1.165, 1.54) is 12.1 Å². The number of methoxy groups -OCH3 is 1. The third kappa shape index (κ3) is 4.17. The van der Waals surface area contributed by atoms with Crippen LogP contribution in [-0.2, 0) is 6.54 Å². The third-order valence-electron chi connectivity index (χ3n) is 5.96. The van der Waals surface area contributed by atoms with Crippen molar-refractivity contribution >= 4 is 40.1 Å². The molecule has 2 N–H and O–H groups in total. The van der Waals surface area contributed by atoms with E-state index in [2.05, 4.69) is 5.32 Å². The average Bonchev–Trinajstić information content (AvgIpc) is 3.27. The smallest absolute Gasteiger partial charge is 0.336 e. The summed E-state index contributed by atoms with van der Waals surface area (Å²) >= 11 is 0. The number of carboxylic acid groups (broad SMARTS) is 1. The maximum atomic E-state index is 13.1. The molecule has 3 aromatic carbocycles. The number of benzene rings is 3. The lowest BCUT2D eigenvalue weighted by atomic mass is 10.1. The van der Waals surface area contributed by atoms with Crippen molar-refractivity contribution in [1.82, 2.24) is 9.55 Å². The van der Waals surface area contributed by atoms with Crippen molar-refractivity contribution < 1.29 is 19.4 Å². The number of carboxylic acids is 1. The second-order valence-corrected chi connectivity index (χ2v) is 8.12. The van der Waals surface area contributed by atoms with E-state index in [4.69, 9.17) is 9.72 Å². The molecule has 1 aromatic heterocycles. The van der Waals surface area contributed by atoms with Crippen LogP contribution in [0.1, 0.15) is 38.5 Å². The topological polar surface area (TPSA) is 111 Å². The quantitative estimate of drug-likeness (QED) is 0.453. The van der Waals surface area contributed by atoms with Gasteiger partial charge in [-0.3, -0.25) is 14.2 Å². The molecule has 174 valence electrons. The number of anilines is 1. The second kappa shape index (κ2) is 8.90. The molecule has 0 atom stereocenters. The Hall–Kier alpha value is -4.72. The van der Waals surface area contributed by atoms with Gasteiger partial charge in [-0.2, -0.15) is 0 Å². The Morgan fingerprint density at radius 3 is 2.51 bits per heavy atom. The molecule has 0 unspecified atom stereocenters. The molecule has 1 amide bonds. The van der Waals surface area contributed by atoms with E-state index in [1.807, 2.05) is 30.3 Å². The third-order valence-corrected chi connectivity index (χ3v) is 5.96. The number of hydrogen-bond acceptors (Lipinski definition) is 5. The highest BCUT2D eigenvalue weighted by molar-refractivity contribution is 6.11. The fraction of sp³-hybridized carbons (Fsp3) is 0.111. The van der Waals surface area contributed by atoms with Crippen molar-refractivity contribution in [2.75, 3.05) is 12.4 Å². The van der Waals surface area contributed by atoms with E-state index in [-0.39, 0.29) is 16.7 Å². The first kappa shape index (κ1) is 22.1. The van der Waals surface area contributed by atoms with Crippen LogP contribution in [0.25, 0.3) is 22.6 Å². The normalized spacial score (nSPS) is 13.6. The summed E-state index contributed by atoms with van der Waals surface area (Å²) in [7, 11) is 1.61. The van der Waals surface area contributed by atoms with Gasteiger partial charge in [-0.1, -0.05) is 24.3 Å². The van der Waals surface area contributed by atoms with E-state index in [0.717, 1.165) is 16.9 Å². The Balaban J connectivity index is 1.50. The summed E-state index contributed by atoms with van der Waals surface area (Å²) in [4.78, 5) is 42.0. The minimum atomic E-state index is -1.18. The van der Waals surface area contributed by atoms with Crippen molar-refractivity contribution in [3.05, 3.63) is 99.6 Å². The van der Waals surface area contributed by atoms with Crippen molar-refractivity contribution in [3.63, 3.8) is 0 Å². The van der Waals surface area contributed by atoms with Crippen molar-refractivity contribution in [3.8, 4) is 5.75 Å². The molecule has 4 aromatic rings. The number of aromatic nitrogens is 2. The second-order valence-electron chi connectivity index (χ2n) is 8.12. The highest BCUT2D eigenvalue weighted by Gasteiger charge is 2.21. The van der Waals surface area contributed by atoms with Gasteiger partial charge in [0.1, 0.15) is 11.6 Å². The van der Waals surface area contributed by atoms with Crippen molar-refractivity contribution in [2.45, 2.75) is 13.0 Å². The fourth-order valence-electron chi connectivity index (χ4n) is 4.20. The highest BCUT2D eigenvalue weighted by atomic mass is 16.5. The summed E-state index contributed by atoms with van der Waals surface area (Å²) in [5, 5.41) is 12.5. The summed E-state index contributed by atoms with van der Waals surface area (Å²) < 4.78 is 6.87. The number of amides is 1. The van der Waals surface area contributed by atoms with Gasteiger partial charge < -0.3 is 15.2 Å². The predicted molar refractivity (Wildman–Crippen MR) is 133 cm³/mol. The zero-order valence-electron chi connectivity index (χ0n) is 18.8. The van der Waals surface area contributed by atoms with Crippen molar-refractivity contribution in [1.29, 1.82) is 0 Å². The van der Waals surface area contributed by atoms with E-state index in [9.17, 15) is 19.5 Å². The molecule has 1 aliphatic heterocycles. The van der Waals surface area contributed by atoms with Crippen LogP contribution in [0, 0.1) is 0 Å². The van der Waals surface area contributed by atoms with Gasteiger partial charge in [0.15, 0.2) is 0 Å². The summed E-state index contributed by atoms with van der Waals surface area (Å²) in [6.45, 7) is 0.545. The molecule has 8 nitrogen and oxygen atoms in total. The number of carbonyl (C=O) groups is 2. The van der Waals surface area contributed by atoms with Crippen LogP contribution in [-0.4, -0.2) is 33.6 Å². The minimum Gasteiger partial charge on any atom is -0.497 e. The number of ether oxygens (including phenoxy) is 1. The maximum absolute atomic E-state index is 13.1. The molecule has 2 heterocycles. The molecule has 0 bridgehead atoms. The van der Waals surface area contributed by atoms with Gasteiger partial charge in [-0.15, -0.1) is 0 Å². The summed E-state index contributed by atoms with van der Waals surface area (Å²) in [6, 6.07) is 18.5. The van der Waals surface area contributed by atoms with Gasteiger partial charge in [0, 0.05) is 12.2 Å². The first-order valence-corrected chi connectivity index (χ1v) is 11.0. The van der Waals surface area contributed by atoms with Gasteiger partial charge in [0.2, 0.25) is 0 Å². The zero-order valence-corrected chi connectivity index (χ0v) is 18.8. The maximum Gasteiger partial charge on any atom is 0.336 e. The predicted octanol–water partition coefficient (Wildman–Crippen LogP) is 4.30. The first-order chi connectivity index (χ1) is 16.9. The van der Waals surface area contributed by atoms with Crippen LogP contribution in [0.3, 0.4) is 0 Å². The molecule has 0 aliphatic carbocycles. The number of allylic oxidation sites excluding steroid dienone is 1. The van der Waals surface area contributed by atoms with Crippen LogP contribution in [0.2, 0.25) is 0 Å². The number of fused-ring (bicyclic) bond motifs is 2. The Morgan fingerprint density at radius 2 is 1.80 bits per heavy atom. The largest absolute Gasteiger partial charge is 0.497 e. The van der Waals surface area contributed by atoms with Crippen LogP contribution >= 0.6 is 0 Å². The average molecular weight is 467 g/mol. The molecule has 8 heteroatoms. The molecular formula is C27H21N3O5. The Labute approximate surface area is 200 Å². The van der Waals surface area contributed by atoms with Gasteiger partial charge >= 0.3 is 5.97 Å². The van der Waals surface area contributed by atoms with Crippen LogP contribution in [0.4, 0.5) is 5.69 Å². The Kier molecular flexibility index (Phi) is 5.62. The van der Waals surface area contributed by atoms with Gasteiger partial charge in [0.05, 0.1) is 29.1 Å². The SMILES string of the molecule is COc1ccc(C=C2CCn3c2nc2cc(NC(=O)c4ccccc4C(=O)O)ccc2c3=O)cc1. The molecular weight excluding hydrogens is 446 g/mol. The molecule has 0 saturated carbocycles. The first-order valence-electron chi connectivity index (χ1n) is 11.0. The van der Waals surface area contributed by atoms with E-state index >= 15 is 0 Å². The Morgan fingerprint density at radius 1 is 1.06 bits per heavy atom. The monoisotopic (exact) mass is 467 g/mol. The molecule has 1 aliphatic rings. The minimum absolute atomic E-state index is 0.0480. The number of aromatic carboxylic acids is 1. The zero-order chi connectivity index (χ0) is 24.5. The molecule has 0 radical (unpaired) electrons. The van der Waals surface area contributed by atoms with Gasteiger partial charge in [-0.05, 0) is 66.1 Å². The highest BCUT2D eigenvalue weighted by Crippen LogP contribution is 2.28. The number of nitrogens with one attached hydrogen (secondary N) is 1. The molecule has 0 fully saturated rings. The standard InChI is InChI=1S/C27H21N3O5/c1-35-19-9-6-16(7-10-19)14-17-12-13-30-24(17)29-23-15-18(8-11-22(23)26(30)32)28-25(31)20-4-2-3-5-21(20)27(33)34/h2-11,14-15H,12-13H2,1H3,(H,28,31)(H,33,34). The Bertz CT molecular complexity index is 1570. The molecule has 0 saturated heterocycles. The number of hydrogen-bond donors (Lipinski definition) is 2. The lowest BCUT2D eigenvalue weighted by molar-refractivity contribution is 0.0692. The molecule has 0 spiro atoms. The van der Waals surface area contributed by atoms with Crippen LogP contribution in [0.15, 0.2) is 71.5 Å². The van der Waals surface area contributed by atoms with Gasteiger partial charge in [0.25, 0.3) is 11.5 Å². The fourth-order valence-corrected chi connectivity index (χ4v) is 4.20. The summed E-state index contributed by atoms with van der Waals surface area (Å²) in [5.41, 5.74) is 2.60. The summed E-state index contributed by atoms with van der Waals surface area (Å²) in [5.74, 6) is -0.381. The van der Waals surface area contributed by atoms with Crippen LogP contribution in [0.5, 0.6) is 5.75 Å². The van der Waals surface area contributed by atoms with Crippen LogP contribution < -0.4 is 15.6 Å². The lowest BCUT2D eigenvalue weighted by Crippen LogP contribution is -2.21. The number of carbonyl (C=O) groups excluding carboxylic acids is 1. The van der Waals surface area contributed by atoms with Crippen molar-refractivity contribution in [2.24, 2.45) is 0 Å². The molecule has 35 heavy (non-hydrogen) atoms. The summed E-state index contributed by atoms with van der Waals surface area (Å²) in [6.07, 6.45) is 2.69. The van der Waals surface area contributed by atoms with E-state index in [1.54, 1.807) is 42.0 Å². The lowest BCUT2D eigenvalue weighted by Gasteiger charge is -2.10. The van der Waals surface area contributed by atoms with Gasteiger partial charge in [-0.25, -0.2) is 9.78 Å². The molecule has 5 rings (SSSR count).